The molecule has 0 heterocycles. The number of aliphatic carboxylic acids is 1. The van der Waals surface area contributed by atoms with Gasteiger partial charge in [0.15, 0.2) is 0 Å². The van der Waals surface area contributed by atoms with Gasteiger partial charge in [-0.05, 0) is 6.92 Å². The zero-order valence-electron chi connectivity index (χ0n) is 11.5. The molecular weight excluding hydrogens is 398 g/mol. The van der Waals surface area contributed by atoms with Gasteiger partial charge in [-0.15, -0.1) is 0 Å². The number of carboxylic acids is 1. The molecule has 16 heteroatoms. The largest absolute Gasteiger partial charge is 2.00 e. The molecule has 0 aliphatic rings. The summed E-state index contributed by atoms with van der Waals surface area (Å²) in [4.78, 5) is 16.9. The second-order valence-electron chi connectivity index (χ2n) is 1.84. The Kier molecular flexibility index (Phi) is 68.9. The number of carboxylic acid groups (broad SMARTS) is 1. The van der Waals surface area contributed by atoms with E-state index in [1.165, 1.54) is 0 Å². The molecule has 21 heavy (non-hydrogen) atoms. The Labute approximate surface area is 182 Å². The van der Waals surface area contributed by atoms with Gasteiger partial charge >= 0.3 is 76.2 Å². The van der Waals surface area contributed by atoms with Crippen molar-refractivity contribution in [3.63, 3.8) is 0 Å². The summed E-state index contributed by atoms with van der Waals surface area (Å²) in [7, 11) is -5.17. The van der Waals surface area contributed by atoms with Crippen molar-refractivity contribution in [2.75, 3.05) is 6.54 Å². The Morgan fingerprint density at radius 2 is 1.52 bits per heavy atom. The molecule has 0 aromatic carbocycles. The minimum atomic E-state index is -5.17. The van der Waals surface area contributed by atoms with Gasteiger partial charge in [-0.25, -0.2) is 0 Å². The maximum atomic E-state index is 9.46. The molecule has 0 amide bonds. The van der Waals surface area contributed by atoms with E-state index in [0.717, 1.165) is 6.92 Å². The van der Waals surface area contributed by atoms with Gasteiger partial charge < -0.3 is 44.0 Å². The molecule has 11 nitrogen and oxygen atoms in total. The van der Waals surface area contributed by atoms with Crippen LogP contribution < -0.4 is 75.7 Å². The molecule has 0 bridgehead atoms. The third-order valence-corrected chi connectivity index (χ3v) is 0.721. The molecule has 118 valence electrons. The monoisotopic (exact) mass is 410 g/mol. The molecule has 1 unspecified atom stereocenters. The van der Waals surface area contributed by atoms with E-state index in [4.69, 9.17) is 43.7 Å². The quantitative estimate of drug-likeness (QED) is 0.145. The fourth-order valence-corrected chi connectivity index (χ4v) is 0.269. The molecule has 4 N–H and O–H groups in total. The fraction of sp³-hybridized carbons (Fsp3) is 0.600. The number of hydrogen-bond donors (Lipinski definition) is 2. The van der Waals surface area contributed by atoms with Crippen molar-refractivity contribution < 1.29 is 117 Å². The summed E-state index contributed by atoms with van der Waals surface area (Å²) in [6.45, 7) is 3.15. The summed E-state index contributed by atoms with van der Waals surface area (Å²) in [6, 6.07) is 0. The van der Waals surface area contributed by atoms with Gasteiger partial charge in [-0.1, -0.05) is 12.3 Å². The molecule has 0 spiro atoms. The molecular formula is C5H12FeN2Na2O9S2. The van der Waals surface area contributed by atoms with Crippen molar-refractivity contribution in [3.8, 4) is 0 Å². The van der Waals surface area contributed by atoms with Crippen LogP contribution in [0.25, 0.3) is 0 Å². The average molecular weight is 410 g/mol. The minimum absolute atomic E-state index is 0. The second kappa shape index (κ2) is 33.4. The molecule has 0 rings (SSSR count). The minimum Gasteiger partial charge on any atom is -0.776 e. The molecule has 0 aliphatic carbocycles. The van der Waals surface area contributed by atoms with E-state index >= 15 is 0 Å². The number of rotatable bonds is 3. The van der Waals surface area contributed by atoms with Crippen LogP contribution in [-0.2, 0) is 41.2 Å². The second-order valence-corrected chi connectivity index (χ2v) is 2.98. The molecule has 0 aromatic rings. The molecule has 0 aliphatic heterocycles. The van der Waals surface area contributed by atoms with Crippen LogP contribution in [-0.4, -0.2) is 47.6 Å². The first-order chi connectivity index (χ1) is 8.04. The van der Waals surface area contributed by atoms with Crippen LogP contribution in [0, 0.1) is 0 Å². The van der Waals surface area contributed by atoms with Crippen molar-refractivity contribution in [1.82, 2.24) is 0 Å². The summed E-state index contributed by atoms with van der Waals surface area (Å²) in [5.41, 5.74) is 9.97. The molecule has 1 atom stereocenters. The summed E-state index contributed by atoms with van der Waals surface area (Å²) < 4.78 is 47.7. The Morgan fingerprint density at radius 1 is 1.33 bits per heavy atom. The van der Waals surface area contributed by atoms with E-state index in [1.54, 1.807) is 0 Å². The molecule has 0 saturated carbocycles. The van der Waals surface area contributed by atoms with Crippen LogP contribution >= 0.6 is 12.3 Å². The van der Waals surface area contributed by atoms with Crippen molar-refractivity contribution in [1.29, 1.82) is 0 Å². The summed E-state index contributed by atoms with van der Waals surface area (Å²) in [6.07, 6.45) is -0.623. The van der Waals surface area contributed by atoms with Crippen LogP contribution in [0.1, 0.15) is 6.92 Å². The smallest absolute Gasteiger partial charge is 0.776 e. The Balaban J connectivity index is -0.0000000254. The van der Waals surface area contributed by atoms with E-state index in [2.05, 4.69) is 4.18 Å². The first-order valence-corrected chi connectivity index (χ1v) is 5.58. The van der Waals surface area contributed by atoms with E-state index in [9.17, 15) is 4.55 Å². The zero-order valence-corrected chi connectivity index (χ0v) is 18.2. The Hall–Kier alpha value is 1.72. The van der Waals surface area contributed by atoms with Crippen LogP contribution in [0.2, 0.25) is 0 Å². The standard InChI is InChI=1S/C2H8N2O2S.C2H4O2.CH2O.Fe.2Na.H2O4S/c3-1-2(4)6-7-5;1-2(3)4;1-2;;;;1-5(2,3)4/h2,5H,1,3-4H2;1H3,(H,3,4);1H2;;;;(H2,1,2,3,4)/q;;;+2;2*+1;/p-4. The number of carbonyl (C=O) groups excluding carboxylic acids is 2. The molecule has 0 radical (unpaired) electrons. The van der Waals surface area contributed by atoms with Crippen molar-refractivity contribution >= 4 is 35.5 Å². The van der Waals surface area contributed by atoms with Gasteiger partial charge in [-0.2, -0.15) is 0 Å². The Morgan fingerprint density at radius 3 is 1.57 bits per heavy atom. The third-order valence-electron chi connectivity index (χ3n) is 0.395. The zero-order chi connectivity index (χ0) is 15.8. The van der Waals surface area contributed by atoms with Gasteiger partial charge in [0.25, 0.3) is 0 Å². The normalized spacial score (nSPS) is 8.86. The van der Waals surface area contributed by atoms with Crippen LogP contribution in [0.4, 0.5) is 0 Å². The molecule has 0 aromatic heterocycles. The van der Waals surface area contributed by atoms with Crippen molar-refractivity contribution in [3.05, 3.63) is 0 Å². The summed E-state index contributed by atoms with van der Waals surface area (Å²) in [5, 5.41) is 8.89. The van der Waals surface area contributed by atoms with E-state index in [-0.39, 0.29) is 95.1 Å². The first-order valence-electron chi connectivity index (χ1n) is 3.58. The maximum Gasteiger partial charge on any atom is 2.00 e. The fourth-order valence-electron chi connectivity index (χ4n) is 0.0897. The molecule has 0 saturated heterocycles. The predicted octanol–water partition coefficient (Wildman–Crippen LogP) is -9.74. The topological polar surface area (TPSA) is 222 Å². The van der Waals surface area contributed by atoms with Crippen molar-refractivity contribution in [2.45, 2.75) is 13.2 Å². The van der Waals surface area contributed by atoms with Crippen molar-refractivity contribution in [2.24, 2.45) is 11.5 Å². The first kappa shape index (κ1) is 43.4. The summed E-state index contributed by atoms with van der Waals surface area (Å²) >= 11 is -0.0207. The van der Waals surface area contributed by atoms with E-state index < -0.39 is 22.6 Å². The van der Waals surface area contributed by atoms with Gasteiger partial charge in [-0.3, -0.25) is 8.42 Å². The van der Waals surface area contributed by atoms with Gasteiger partial charge in [0.1, 0.15) is 13.0 Å². The molecule has 0 fully saturated rings. The number of hydrogen-bond acceptors (Lipinski definition) is 12. The third kappa shape index (κ3) is 187. The van der Waals surface area contributed by atoms with Gasteiger partial charge in [0, 0.05) is 22.9 Å². The average Bonchev–Trinajstić information content (AvgIpc) is 2.18. The van der Waals surface area contributed by atoms with Crippen LogP contribution in [0.3, 0.4) is 0 Å². The van der Waals surface area contributed by atoms with Crippen LogP contribution in [0.5, 0.6) is 0 Å². The number of nitrogens with two attached hydrogens (primary N) is 2. The SMILES string of the molecule is C=O.CC(=O)[O-].NCC(N)OS[O-].O=S(=O)([O-])[O-].[Fe+2].[Na+].[Na+]. The van der Waals surface area contributed by atoms with Gasteiger partial charge in [0.2, 0.25) is 0 Å². The predicted molar refractivity (Wildman–Crippen MR) is 54.8 cm³/mol. The van der Waals surface area contributed by atoms with Gasteiger partial charge in [0.05, 0.1) is 0 Å². The van der Waals surface area contributed by atoms with Crippen LogP contribution in [0.15, 0.2) is 0 Å². The van der Waals surface area contributed by atoms with E-state index in [0.29, 0.717) is 0 Å². The maximum absolute atomic E-state index is 9.46. The summed E-state index contributed by atoms with van der Waals surface area (Å²) in [5.74, 6) is -1.08. The van der Waals surface area contributed by atoms with E-state index in [1.807, 2.05) is 6.79 Å². The number of carbonyl (C=O) groups is 2. The Bertz CT molecular complexity index is 273.